The lowest BCUT2D eigenvalue weighted by atomic mass is 9.94. The number of H-pyrrole nitrogens is 1. The van der Waals surface area contributed by atoms with Crippen molar-refractivity contribution in [2.45, 2.75) is 31.2 Å². The fraction of sp³-hybridized carbons (Fsp3) is 0.250. The van der Waals surface area contributed by atoms with Gasteiger partial charge in [0.2, 0.25) is 5.91 Å². The normalized spacial score (nSPS) is 15.5. The predicted molar refractivity (Wildman–Crippen MR) is 98.7 cm³/mol. The van der Waals surface area contributed by atoms with E-state index in [1.807, 2.05) is 6.07 Å². The van der Waals surface area contributed by atoms with E-state index in [2.05, 4.69) is 20.5 Å². The summed E-state index contributed by atoms with van der Waals surface area (Å²) in [6.07, 6.45) is 0.826. The number of aromatic nitrogens is 3. The van der Waals surface area contributed by atoms with Crippen LogP contribution in [0.4, 0.5) is 8.78 Å². The van der Waals surface area contributed by atoms with Crippen LogP contribution in [-0.2, 0) is 10.2 Å². The monoisotopic (exact) mass is 395 g/mol. The maximum absolute atomic E-state index is 14.2. The molecule has 7 nitrogen and oxygen atoms in total. The van der Waals surface area contributed by atoms with Gasteiger partial charge >= 0.3 is 0 Å². The van der Waals surface area contributed by atoms with Crippen LogP contribution in [0, 0.1) is 23.0 Å². The first-order valence-electron chi connectivity index (χ1n) is 8.92. The van der Waals surface area contributed by atoms with Crippen molar-refractivity contribution in [3.63, 3.8) is 0 Å². The SMILES string of the molecule is C[C@@H](NC(=O)C1(c2cc3c(F)c(F)ccc3[nH]c2=O)CC1)c1ccc(C#N)nn1. The molecule has 146 valence electrons. The number of pyridine rings is 1. The molecule has 0 unspecified atom stereocenters. The van der Waals surface area contributed by atoms with Gasteiger partial charge in [0.1, 0.15) is 6.07 Å². The maximum atomic E-state index is 14.2. The number of nitrogens with zero attached hydrogens (tertiary/aromatic N) is 3. The fourth-order valence-electron chi connectivity index (χ4n) is 3.36. The molecule has 29 heavy (non-hydrogen) atoms. The lowest BCUT2D eigenvalue weighted by molar-refractivity contribution is -0.124. The zero-order chi connectivity index (χ0) is 20.8. The number of nitrogens with one attached hydrogen (secondary N) is 2. The molecule has 0 radical (unpaired) electrons. The first-order valence-corrected chi connectivity index (χ1v) is 8.92. The van der Waals surface area contributed by atoms with Gasteiger partial charge in [0.05, 0.1) is 22.7 Å². The summed E-state index contributed by atoms with van der Waals surface area (Å²) in [7, 11) is 0. The first kappa shape index (κ1) is 18.7. The number of hydrogen-bond acceptors (Lipinski definition) is 5. The molecule has 3 aromatic rings. The second-order valence-corrected chi connectivity index (χ2v) is 7.07. The number of aromatic amines is 1. The van der Waals surface area contributed by atoms with Gasteiger partial charge in [-0.15, -0.1) is 5.10 Å². The lowest BCUT2D eigenvalue weighted by Gasteiger charge is -2.19. The third-order valence-corrected chi connectivity index (χ3v) is 5.21. The van der Waals surface area contributed by atoms with Crippen molar-refractivity contribution >= 4 is 16.8 Å². The Hall–Kier alpha value is -3.67. The Morgan fingerprint density at radius 3 is 2.66 bits per heavy atom. The molecule has 0 spiro atoms. The van der Waals surface area contributed by atoms with E-state index in [4.69, 9.17) is 5.26 Å². The summed E-state index contributed by atoms with van der Waals surface area (Å²) in [6, 6.07) is 7.89. The standard InChI is InChI=1S/C20H15F2N5O2/c1-10(15-4-2-11(9-23)26-27-15)24-19(29)20(6-7-20)13-8-12-16(25-18(13)28)5-3-14(21)17(12)22/h2-5,8,10H,6-7H2,1H3,(H,24,29)(H,25,28)/t10-/m1/s1. The van der Waals surface area contributed by atoms with E-state index < -0.39 is 34.6 Å². The minimum absolute atomic E-state index is 0.0790. The van der Waals surface area contributed by atoms with Gasteiger partial charge < -0.3 is 10.3 Å². The molecule has 2 heterocycles. The lowest BCUT2D eigenvalue weighted by Crippen LogP contribution is -2.39. The molecule has 1 fully saturated rings. The number of carbonyl (C=O) groups is 1. The second-order valence-electron chi connectivity index (χ2n) is 7.07. The van der Waals surface area contributed by atoms with Crippen LogP contribution in [-0.4, -0.2) is 21.1 Å². The van der Waals surface area contributed by atoms with Gasteiger partial charge in [-0.05, 0) is 50.1 Å². The topological polar surface area (TPSA) is 112 Å². The average molecular weight is 395 g/mol. The zero-order valence-electron chi connectivity index (χ0n) is 15.3. The summed E-state index contributed by atoms with van der Waals surface area (Å²) in [6.45, 7) is 1.70. The summed E-state index contributed by atoms with van der Waals surface area (Å²) >= 11 is 0. The highest BCUT2D eigenvalue weighted by Gasteiger charge is 2.53. The van der Waals surface area contributed by atoms with Gasteiger partial charge in [-0.3, -0.25) is 9.59 Å². The van der Waals surface area contributed by atoms with Gasteiger partial charge in [0.15, 0.2) is 17.3 Å². The average Bonchev–Trinajstić information content (AvgIpc) is 3.52. The molecule has 2 aromatic heterocycles. The highest BCUT2D eigenvalue weighted by Crippen LogP contribution is 2.48. The van der Waals surface area contributed by atoms with E-state index in [1.165, 1.54) is 18.2 Å². The zero-order valence-corrected chi connectivity index (χ0v) is 15.3. The van der Waals surface area contributed by atoms with Gasteiger partial charge in [-0.1, -0.05) is 0 Å². The van der Waals surface area contributed by atoms with Crippen molar-refractivity contribution in [1.29, 1.82) is 5.26 Å². The Kier molecular flexibility index (Phi) is 4.34. The highest BCUT2D eigenvalue weighted by atomic mass is 19.2. The number of hydrogen-bond donors (Lipinski definition) is 2. The molecule has 1 aliphatic rings. The van der Waals surface area contributed by atoms with Crippen molar-refractivity contribution in [2.75, 3.05) is 0 Å². The third-order valence-electron chi connectivity index (χ3n) is 5.21. The molecular formula is C20H15F2N5O2. The molecule has 0 saturated heterocycles. The van der Waals surface area contributed by atoms with E-state index in [-0.39, 0.29) is 22.2 Å². The van der Waals surface area contributed by atoms with Crippen molar-refractivity contribution in [3.05, 3.63) is 69.3 Å². The quantitative estimate of drug-likeness (QED) is 0.705. The van der Waals surface area contributed by atoms with Crippen LogP contribution in [0.2, 0.25) is 0 Å². The molecule has 0 aliphatic heterocycles. The van der Waals surface area contributed by atoms with E-state index in [0.29, 0.717) is 18.5 Å². The fourth-order valence-corrected chi connectivity index (χ4v) is 3.36. The summed E-state index contributed by atoms with van der Waals surface area (Å²) in [5.41, 5.74) is -0.742. The highest BCUT2D eigenvalue weighted by molar-refractivity contribution is 5.93. The van der Waals surface area contributed by atoms with Crippen LogP contribution in [0.5, 0.6) is 0 Å². The Labute approximate surface area is 163 Å². The van der Waals surface area contributed by atoms with Crippen LogP contribution in [0.25, 0.3) is 10.9 Å². The Balaban J connectivity index is 1.65. The van der Waals surface area contributed by atoms with E-state index in [1.54, 1.807) is 13.0 Å². The number of rotatable bonds is 4. The number of carbonyl (C=O) groups excluding carboxylic acids is 1. The Morgan fingerprint density at radius 2 is 2.03 bits per heavy atom. The number of amides is 1. The number of fused-ring (bicyclic) bond motifs is 1. The van der Waals surface area contributed by atoms with Crippen LogP contribution in [0.15, 0.2) is 35.1 Å². The molecule has 1 saturated carbocycles. The Bertz CT molecular complexity index is 1230. The third kappa shape index (κ3) is 3.12. The van der Waals surface area contributed by atoms with Crippen molar-refractivity contribution < 1.29 is 13.6 Å². The molecule has 1 aliphatic carbocycles. The van der Waals surface area contributed by atoms with Gasteiger partial charge in [-0.25, -0.2) is 8.78 Å². The predicted octanol–water partition coefficient (Wildman–Crippen LogP) is 2.38. The molecule has 0 bridgehead atoms. The van der Waals surface area contributed by atoms with Crippen molar-refractivity contribution in [3.8, 4) is 6.07 Å². The number of halogens is 2. The van der Waals surface area contributed by atoms with Gasteiger partial charge in [0.25, 0.3) is 5.56 Å². The number of benzene rings is 1. The number of nitriles is 1. The molecule has 1 aromatic carbocycles. The van der Waals surface area contributed by atoms with Crippen molar-refractivity contribution in [1.82, 2.24) is 20.5 Å². The molecule has 1 atom stereocenters. The van der Waals surface area contributed by atoms with Crippen LogP contribution in [0.1, 0.15) is 42.8 Å². The van der Waals surface area contributed by atoms with Crippen molar-refractivity contribution in [2.24, 2.45) is 0 Å². The largest absolute Gasteiger partial charge is 0.347 e. The molecule has 9 heteroatoms. The second kappa shape index (κ2) is 6.74. The van der Waals surface area contributed by atoms with Crippen LogP contribution in [0.3, 0.4) is 0 Å². The molecular weight excluding hydrogens is 380 g/mol. The summed E-state index contributed by atoms with van der Waals surface area (Å²) < 4.78 is 27.8. The molecule has 4 rings (SSSR count). The maximum Gasteiger partial charge on any atom is 0.252 e. The van der Waals surface area contributed by atoms with E-state index in [9.17, 15) is 18.4 Å². The molecule has 2 N–H and O–H groups in total. The van der Waals surface area contributed by atoms with Crippen LogP contribution >= 0.6 is 0 Å². The summed E-state index contributed by atoms with van der Waals surface area (Å²) in [4.78, 5) is 28.0. The van der Waals surface area contributed by atoms with Gasteiger partial charge in [-0.2, -0.15) is 10.4 Å². The summed E-state index contributed by atoms with van der Waals surface area (Å²) in [5, 5.41) is 19.1. The molecule has 1 amide bonds. The summed E-state index contributed by atoms with van der Waals surface area (Å²) in [5.74, 6) is -2.51. The van der Waals surface area contributed by atoms with Gasteiger partial charge in [0, 0.05) is 10.9 Å². The Morgan fingerprint density at radius 1 is 1.28 bits per heavy atom. The smallest absolute Gasteiger partial charge is 0.252 e. The first-order chi connectivity index (χ1) is 13.9. The van der Waals surface area contributed by atoms with Crippen LogP contribution < -0.4 is 10.9 Å². The minimum atomic E-state index is -1.10. The van der Waals surface area contributed by atoms with E-state index >= 15 is 0 Å². The van der Waals surface area contributed by atoms with E-state index in [0.717, 1.165) is 6.07 Å². The minimum Gasteiger partial charge on any atom is -0.347 e.